The topological polar surface area (TPSA) is 99.9 Å². The number of aromatic nitrogens is 2. The average Bonchev–Trinajstić information content (AvgIpc) is 3.06. The van der Waals surface area contributed by atoms with Gasteiger partial charge in [-0.05, 0) is 46.8 Å². The fourth-order valence-corrected chi connectivity index (χ4v) is 6.24. The van der Waals surface area contributed by atoms with Crippen molar-refractivity contribution in [3.8, 4) is 5.75 Å². The smallest absolute Gasteiger partial charge is 0.223 e. The third-order valence-electron chi connectivity index (χ3n) is 7.33. The first-order valence-electron chi connectivity index (χ1n) is 13.9. The first kappa shape index (κ1) is 28.2. The number of methoxy groups -OCH3 is 1. The molecule has 8 heteroatoms. The lowest BCUT2D eigenvalue weighted by atomic mass is 9.96. The van der Waals surface area contributed by atoms with Crippen molar-refractivity contribution in [1.82, 2.24) is 9.97 Å². The van der Waals surface area contributed by atoms with Gasteiger partial charge in [-0.2, -0.15) is 0 Å². The van der Waals surface area contributed by atoms with Gasteiger partial charge in [-0.3, -0.25) is 0 Å². The summed E-state index contributed by atoms with van der Waals surface area (Å²) in [6, 6.07) is 35.6. The predicted molar refractivity (Wildman–Crippen MR) is 172 cm³/mol. The number of anilines is 1. The Morgan fingerprint density at radius 3 is 2.16 bits per heavy atom. The SMILES string of the molecule is COc1ccc(/C(Cc2nc(NCc3ccccc3Sc3ccccc3CO)nc3ccccc23)=N/O)c2ccccc12. The number of ether oxygens (including phenoxy) is 1. The molecule has 6 rings (SSSR count). The molecule has 1 heterocycles. The first-order valence-corrected chi connectivity index (χ1v) is 14.7. The highest BCUT2D eigenvalue weighted by molar-refractivity contribution is 7.99. The summed E-state index contributed by atoms with van der Waals surface area (Å²) in [4.78, 5) is 11.8. The van der Waals surface area contributed by atoms with Crippen molar-refractivity contribution >= 4 is 45.1 Å². The molecule has 0 unspecified atom stereocenters. The molecule has 0 amide bonds. The first-order chi connectivity index (χ1) is 21.2. The van der Waals surface area contributed by atoms with E-state index in [-0.39, 0.29) is 6.61 Å². The third-order valence-corrected chi connectivity index (χ3v) is 8.56. The van der Waals surface area contributed by atoms with Crippen molar-refractivity contribution in [2.24, 2.45) is 5.16 Å². The minimum absolute atomic E-state index is 0.0112. The van der Waals surface area contributed by atoms with E-state index >= 15 is 0 Å². The molecule has 0 spiro atoms. The second-order valence-electron chi connectivity index (χ2n) is 9.92. The zero-order valence-electron chi connectivity index (χ0n) is 23.6. The second-order valence-corrected chi connectivity index (χ2v) is 11.0. The maximum Gasteiger partial charge on any atom is 0.223 e. The summed E-state index contributed by atoms with van der Waals surface area (Å²) in [7, 11) is 1.65. The number of hydrogen-bond acceptors (Lipinski definition) is 8. The maximum absolute atomic E-state index is 10.2. The fourth-order valence-electron chi connectivity index (χ4n) is 5.18. The molecular weight excluding hydrogens is 556 g/mol. The highest BCUT2D eigenvalue weighted by Crippen LogP contribution is 2.34. The van der Waals surface area contributed by atoms with Crippen LogP contribution >= 0.6 is 11.8 Å². The van der Waals surface area contributed by atoms with Crippen molar-refractivity contribution in [3.05, 3.63) is 132 Å². The Labute approximate surface area is 253 Å². The molecule has 43 heavy (non-hydrogen) atoms. The van der Waals surface area contributed by atoms with Gasteiger partial charge in [0.15, 0.2) is 0 Å². The summed E-state index contributed by atoms with van der Waals surface area (Å²) >= 11 is 1.63. The van der Waals surface area contributed by atoms with Gasteiger partial charge in [-0.1, -0.05) is 95.8 Å². The van der Waals surface area contributed by atoms with Crippen LogP contribution < -0.4 is 10.1 Å². The standard InChI is InChI=1S/C35H30N4O3S/c1-42-32-19-18-26(25-12-4-5-13-27(25)32)31(39-41)20-30-28-14-6-7-15-29(28)37-35(38-30)36-21-23-10-2-8-16-33(23)43-34-17-9-3-11-24(34)22-40/h2-19,40-41H,20-22H2,1H3,(H,36,37,38)/b39-31+. The molecule has 0 radical (unpaired) electrons. The lowest BCUT2D eigenvalue weighted by Gasteiger charge is -2.15. The van der Waals surface area contributed by atoms with E-state index in [0.29, 0.717) is 24.6 Å². The molecule has 0 bridgehead atoms. The van der Waals surface area contributed by atoms with Crippen LogP contribution in [0.25, 0.3) is 21.7 Å². The number of nitrogens with one attached hydrogen (secondary N) is 1. The Hall–Kier alpha value is -4.92. The number of rotatable bonds is 10. The van der Waals surface area contributed by atoms with Crippen LogP contribution in [0.3, 0.4) is 0 Å². The molecule has 7 nitrogen and oxygen atoms in total. The molecular formula is C35H30N4O3S. The van der Waals surface area contributed by atoms with Gasteiger partial charge in [-0.15, -0.1) is 0 Å². The van der Waals surface area contributed by atoms with Crippen LogP contribution in [0, 0.1) is 0 Å². The monoisotopic (exact) mass is 586 g/mol. The molecule has 0 atom stereocenters. The number of fused-ring (bicyclic) bond motifs is 2. The molecule has 0 aliphatic carbocycles. The molecule has 6 aromatic rings. The number of hydrogen-bond donors (Lipinski definition) is 3. The number of para-hydroxylation sites is 1. The largest absolute Gasteiger partial charge is 0.496 e. The summed E-state index contributed by atoms with van der Waals surface area (Å²) in [5.41, 5.74) is 4.83. The van der Waals surface area contributed by atoms with E-state index < -0.39 is 0 Å². The lowest BCUT2D eigenvalue weighted by molar-refractivity contribution is 0.279. The van der Waals surface area contributed by atoms with E-state index in [1.807, 2.05) is 97.1 Å². The van der Waals surface area contributed by atoms with Crippen molar-refractivity contribution in [2.45, 2.75) is 29.4 Å². The van der Waals surface area contributed by atoms with Crippen LogP contribution in [0.5, 0.6) is 5.75 Å². The van der Waals surface area contributed by atoms with E-state index in [4.69, 9.17) is 14.7 Å². The maximum atomic E-state index is 10.2. The molecule has 0 aliphatic rings. The zero-order chi connectivity index (χ0) is 29.6. The number of nitrogens with zero attached hydrogens (tertiary/aromatic N) is 3. The van der Waals surface area contributed by atoms with Crippen LogP contribution in [0.2, 0.25) is 0 Å². The molecule has 5 aromatic carbocycles. The van der Waals surface area contributed by atoms with E-state index in [2.05, 4.69) is 22.6 Å². The third kappa shape index (κ3) is 6.02. The second kappa shape index (κ2) is 12.9. The van der Waals surface area contributed by atoms with Gasteiger partial charge in [0, 0.05) is 39.1 Å². The van der Waals surface area contributed by atoms with E-state index in [0.717, 1.165) is 59.6 Å². The Kier molecular flexibility index (Phi) is 8.49. The van der Waals surface area contributed by atoms with E-state index in [9.17, 15) is 10.3 Å². The van der Waals surface area contributed by atoms with Crippen LogP contribution in [0.1, 0.15) is 22.4 Å². The summed E-state index contributed by atoms with van der Waals surface area (Å²) in [6.07, 6.45) is 0.301. The molecule has 3 N–H and O–H groups in total. The number of aliphatic hydroxyl groups excluding tert-OH is 1. The molecule has 214 valence electrons. The molecule has 1 aromatic heterocycles. The minimum Gasteiger partial charge on any atom is -0.496 e. The summed E-state index contributed by atoms with van der Waals surface area (Å²) in [5.74, 6) is 1.25. The lowest BCUT2D eigenvalue weighted by Crippen LogP contribution is -2.11. The quantitative estimate of drug-likeness (QED) is 0.0870. The Bertz CT molecular complexity index is 1940. The van der Waals surface area contributed by atoms with Gasteiger partial charge in [0.2, 0.25) is 5.95 Å². The van der Waals surface area contributed by atoms with Gasteiger partial charge < -0.3 is 20.4 Å². The highest BCUT2D eigenvalue weighted by atomic mass is 32.2. The van der Waals surface area contributed by atoms with Gasteiger partial charge >= 0.3 is 0 Å². The minimum atomic E-state index is -0.0112. The van der Waals surface area contributed by atoms with Crippen molar-refractivity contribution in [3.63, 3.8) is 0 Å². The predicted octanol–water partition coefficient (Wildman–Crippen LogP) is 7.47. The fraction of sp³-hybridized carbons (Fsp3) is 0.114. The summed E-state index contributed by atoms with van der Waals surface area (Å²) in [6.45, 7) is 0.495. The Morgan fingerprint density at radius 1 is 0.767 bits per heavy atom. The van der Waals surface area contributed by atoms with Gasteiger partial charge in [0.05, 0.1) is 30.6 Å². The van der Waals surface area contributed by atoms with Crippen LogP contribution in [-0.2, 0) is 19.6 Å². The Balaban J connectivity index is 1.31. The average molecular weight is 587 g/mol. The van der Waals surface area contributed by atoms with Crippen molar-refractivity contribution in [2.75, 3.05) is 12.4 Å². The number of benzene rings is 5. The van der Waals surface area contributed by atoms with Crippen LogP contribution in [-0.4, -0.2) is 33.1 Å². The van der Waals surface area contributed by atoms with Crippen LogP contribution in [0.15, 0.2) is 124 Å². The molecule has 0 saturated heterocycles. The van der Waals surface area contributed by atoms with Gasteiger partial charge in [0.1, 0.15) is 5.75 Å². The molecule has 0 aliphatic heterocycles. The van der Waals surface area contributed by atoms with Crippen molar-refractivity contribution < 1.29 is 15.1 Å². The number of oxime groups is 1. The Morgan fingerprint density at radius 2 is 1.42 bits per heavy atom. The van der Waals surface area contributed by atoms with Crippen molar-refractivity contribution in [1.29, 1.82) is 0 Å². The number of aliphatic hydroxyl groups is 1. The zero-order valence-corrected chi connectivity index (χ0v) is 24.4. The van der Waals surface area contributed by atoms with E-state index in [1.54, 1.807) is 18.9 Å². The van der Waals surface area contributed by atoms with Crippen LogP contribution in [0.4, 0.5) is 5.95 Å². The summed E-state index contributed by atoms with van der Waals surface area (Å²) in [5, 5.41) is 29.9. The molecule has 0 saturated carbocycles. The summed E-state index contributed by atoms with van der Waals surface area (Å²) < 4.78 is 5.56. The van der Waals surface area contributed by atoms with Gasteiger partial charge in [0.25, 0.3) is 0 Å². The van der Waals surface area contributed by atoms with E-state index in [1.165, 1.54) is 0 Å². The van der Waals surface area contributed by atoms with Gasteiger partial charge in [-0.25, -0.2) is 9.97 Å². The highest BCUT2D eigenvalue weighted by Gasteiger charge is 2.17. The molecule has 0 fully saturated rings. The normalized spacial score (nSPS) is 11.6.